The predicted molar refractivity (Wildman–Crippen MR) is 61.3 cm³/mol. The predicted octanol–water partition coefficient (Wildman–Crippen LogP) is 2.75. The summed E-state index contributed by atoms with van der Waals surface area (Å²) in [6, 6.07) is 5.21. The van der Waals surface area contributed by atoms with Crippen LogP contribution in [0.2, 0.25) is 0 Å². The highest BCUT2D eigenvalue weighted by Crippen LogP contribution is 2.18. The molecular weight excluding hydrogens is 190 g/mol. The van der Waals surface area contributed by atoms with Gasteiger partial charge >= 0.3 is 5.97 Å². The Hall–Kier alpha value is -1.90. The van der Waals surface area contributed by atoms with E-state index in [1.165, 1.54) is 0 Å². The molecule has 0 fully saturated rings. The molecule has 0 aliphatic rings. The van der Waals surface area contributed by atoms with Gasteiger partial charge in [-0.25, -0.2) is 4.79 Å². The lowest BCUT2D eigenvalue weighted by molar-refractivity contribution is 0.0696. The fraction of sp³-hybridized carbons (Fsp3) is 0.167. The van der Waals surface area contributed by atoms with Gasteiger partial charge in [-0.15, -0.1) is 0 Å². The summed E-state index contributed by atoms with van der Waals surface area (Å²) in [5, 5.41) is 8.86. The van der Waals surface area contributed by atoms with Crippen LogP contribution in [-0.2, 0) is 0 Å². The molecule has 0 unspecified atom stereocenters. The second-order valence-electron chi connectivity index (χ2n) is 3.33. The fourth-order valence-electron chi connectivity index (χ4n) is 1.36. The van der Waals surface area contributed by atoms with E-state index in [9.17, 15) is 4.79 Å². The van der Waals surface area contributed by atoms with Crippen LogP contribution < -0.4 is 0 Å². The number of rotatable bonds is 3. The van der Waals surface area contributed by atoms with Crippen molar-refractivity contribution >= 4 is 18.3 Å². The number of aliphatic imine (C=N–C) groups is 1. The summed E-state index contributed by atoms with van der Waals surface area (Å²) in [5.41, 5.74) is 3.00. The zero-order valence-electron chi connectivity index (χ0n) is 8.82. The highest BCUT2D eigenvalue weighted by Gasteiger charge is 2.07. The second-order valence-corrected chi connectivity index (χ2v) is 3.33. The lowest BCUT2D eigenvalue weighted by atomic mass is 10.0. The van der Waals surface area contributed by atoms with Gasteiger partial charge in [0.1, 0.15) is 0 Å². The zero-order valence-corrected chi connectivity index (χ0v) is 8.82. The second kappa shape index (κ2) is 4.55. The normalized spacial score (nSPS) is 11.2. The largest absolute Gasteiger partial charge is 0.478 e. The third-order valence-corrected chi connectivity index (χ3v) is 2.20. The van der Waals surface area contributed by atoms with Gasteiger partial charge in [0.25, 0.3) is 0 Å². The van der Waals surface area contributed by atoms with Gasteiger partial charge < -0.3 is 5.11 Å². The van der Waals surface area contributed by atoms with Gasteiger partial charge in [0.15, 0.2) is 0 Å². The molecule has 0 aliphatic carbocycles. The Bertz CT molecular complexity index is 433. The smallest absolute Gasteiger partial charge is 0.335 e. The SMILES string of the molecule is C=NC=C(C)c1ccc(C(=O)O)c(C)c1. The lowest BCUT2D eigenvalue weighted by Gasteiger charge is -2.04. The number of aromatic carboxylic acids is 1. The Labute approximate surface area is 88.8 Å². The number of hydrogen-bond acceptors (Lipinski definition) is 2. The van der Waals surface area contributed by atoms with Gasteiger partial charge in [0.2, 0.25) is 0 Å². The number of carboxylic acid groups (broad SMARTS) is 1. The van der Waals surface area contributed by atoms with Gasteiger partial charge in [-0.3, -0.25) is 4.99 Å². The number of benzene rings is 1. The molecule has 0 saturated heterocycles. The zero-order chi connectivity index (χ0) is 11.4. The van der Waals surface area contributed by atoms with E-state index < -0.39 is 5.97 Å². The number of carboxylic acids is 1. The summed E-state index contributed by atoms with van der Waals surface area (Å²) in [5.74, 6) is -0.900. The van der Waals surface area contributed by atoms with Crippen LogP contribution in [0.3, 0.4) is 0 Å². The minimum absolute atomic E-state index is 0.332. The number of hydrogen-bond donors (Lipinski definition) is 1. The Morgan fingerprint density at radius 1 is 1.53 bits per heavy atom. The number of nitrogens with zero attached hydrogens (tertiary/aromatic N) is 1. The molecule has 0 radical (unpaired) electrons. The highest BCUT2D eigenvalue weighted by molar-refractivity contribution is 5.89. The fourth-order valence-corrected chi connectivity index (χ4v) is 1.36. The summed E-state index contributed by atoms with van der Waals surface area (Å²) in [6.07, 6.45) is 1.65. The summed E-state index contributed by atoms with van der Waals surface area (Å²) in [6.45, 7) is 7.06. The molecule has 78 valence electrons. The van der Waals surface area contributed by atoms with Crippen molar-refractivity contribution in [2.45, 2.75) is 13.8 Å². The van der Waals surface area contributed by atoms with Crippen LogP contribution in [0.15, 0.2) is 29.4 Å². The van der Waals surface area contributed by atoms with Crippen LogP contribution in [0.4, 0.5) is 0 Å². The molecule has 0 aromatic heterocycles. The van der Waals surface area contributed by atoms with Gasteiger partial charge in [-0.1, -0.05) is 12.1 Å². The van der Waals surface area contributed by atoms with Gasteiger partial charge in [0.05, 0.1) is 5.56 Å². The van der Waals surface area contributed by atoms with E-state index in [1.54, 1.807) is 25.3 Å². The van der Waals surface area contributed by atoms with E-state index in [-0.39, 0.29) is 0 Å². The van der Waals surface area contributed by atoms with Crippen LogP contribution in [0, 0.1) is 6.92 Å². The molecule has 15 heavy (non-hydrogen) atoms. The van der Waals surface area contributed by atoms with Crippen LogP contribution >= 0.6 is 0 Å². The molecule has 3 heteroatoms. The van der Waals surface area contributed by atoms with Crippen molar-refractivity contribution in [1.29, 1.82) is 0 Å². The van der Waals surface area contributed by atoms with Gasteiger partial charge in [-0.2, -0.15) is 0 Å². The first-order chi connectivity index (χ1) is 7.06. The van der Waals surface area contributed by atoms with Crippen molar-refractivity contribution in [3.63, 3.8) is 0 Å². The molecule has 0 saturated carbocycles. The molecule has 1 aromatic carbocycles. The maximum absolute atomic E-state index is 10.8. The molecule has 3 nitrogen and oxygen atoms in total. The van der Waals surface area contributed by atoms with E-state index in [2.05, 4.69) is 11.7 Å². The van der Waals surface area contributed by atoms with Gasteiger partial charge in [0, 0.05) is 6.20 Å². The molecule has 0 aliphatic heterocycles. The van der Waals surface area contributed by atoms with E-state index in [4.69, 9.17) is 5.11 Å². The van der Waals surface area contributed by atoms with Gasteiger partial charge in [-0.05, 0) is 43.3 Å². The number of aryl methyl sites for hydroxylation is 1. The lowest BCUT2D eigenvalue weighted by Crippen LogP contribution is -1.99. The van der Waals surface area contributed by atoms with Crippen LogP contribution in [0.5, 0.6) is 0 Å². The summed E-state index contributed by atoms with van der Waals surface area (Å²) >= 11 is 0. The summed E-state index contributed by atoms with van der Waals surface area (Å²) < 4.78 is 0. The Morgan fingerprint density at radius 2 is 2.20 bits per heavy atom. The molecule has 1 rings (SSSR count). The first-order valence-corrected chi connectivity index (χ1v) is 4.53. The van der Waals surface area contributed by atoms with E-state index >= 15 is 0 Å². The molecule has 0 spiro atoms. The van der Waals surface area contributed by atoms with Crippen molar-refractivity contribution in [2.75, 3.05) is 0 Å². The average molecular weight is 203 g/mol. The average Bonchev–Trinajstić information content (AvgIpc) is 2.17. The van der Waals surface area contributed by atoms with Crippen molar-refractivity contribution < 1.29 is 9.90 Å². The summed E-state index contributed by atoms with van der Waals surface area (Å²) in [4.78, 5) is 14.5. The molecule has 0 heterocycles. The molecule has 1 N–H and O–H groups in total. The van der Waals surface area contributed by atoms with Crippen LogP contribution in [0.1, 0.15) is 28.4 Å². The molecule has 0 bridgehead atoms. The number of allylic oxidation sites excluding steroid dienone is 1. The Morgan fingerprint density at radius 3 is 2.67 bits per heavy atom. The van der Waals surface area contributed by atoms with E-state index in [1.807, 2.05) is 13.0 Å². The van der Waals surface area contributed by atoms with E-state index in [0.29, 0.717) is 5.56 Å². The first kappa shape index (κ1) is 11.2. The first-order valence-electron chi connectivity index (χ1n) is 4.53. The van der Waals surface area contributed by atoms with Crippen molar-refractivity contribution in [1.82, 2.24) is 0 Å². The molecule has 0 atom stereocenters. The topological polar surface area (TPSA) is 49.7 Å². The highest BCUT2D eigenvalue weighted by atomic mass is 16.4. The molecular formula is C12H13NO2. The van der Waals surface area contributed by atoms with Crippen molar-refractivity contribution in [3.05, 3.63) is 41.1 Å². The molecule has 1 aromatic rings. The van der Waals surface area contributed by atoms with Crippen LogP contribution in [0.25, 0.3) is 5.57 Å². The standard InChI is InChI=1S/C12H13NO2/c1-8-6-10(9(2)7-13-3)4-5-11(8)12(14)15/h4-7H,3H2,1-2H3,(H,14,15). The third kappa shape index (κ3) is 2.53. The number of carbonyl (C=O) groups is 1. The quantitative estimate of drug-likeness (QED) is 0.768. The summed E-state index contributed by atoms with van der Waals surface area (Å²) in [7, 11) is 0. The maximum atomic E-state index is 10.8. The van der Waals surface area contributed by atoms with Crippen LogP contribution in [-0.4, -0.2) is 17.8 Å². The minimum Gasteiger partial charge on any atom is -0.478 e. The minimum atomic E-state index is -0.900. The third-order valence-electron chi connectivity index (χ3n) is 2.20. The van der Waals surface area contributed by atoms with Crippen molar-refractivity contribution in [3.8, 4) is 0 Å². The Kier molecular flexibility index (Phi) is 3.39. The Balaban J connectivity index is 3.17. The monoisotopic (exact) mass is 203 g/mol. The molecule has 0 amide bonds. The van der Waals surface area contributed by atoms with Crippen molar-refractivity contribution in [2.24, 2.45) is 4.99 Å². The van der Waals surface area contributed by atoms with E-state index in [0.717, 1.165) is 16.7 Å². The maximum Gasteiger partial charge on any atom is 0.335 e.